The molecule has 0 unspecified atom stereocenters. The summed E-state index contributed by atoms with van der Waals surface area (Å²) < 4.78 is 18.6. The number of hydrogen-bond acceptors (Lipinski definition) is 6. The third-order valence-corrected chi connectivity index (χ3v) is 7.69. The second kappa shape index (κ2) is 8.85. The lowest BCUT2D eigenvalue weighted by Gasteiger charge is -2.29. The SMILES string of the molecule is Cc1cc(F)c(Sc2cc(-c3cnn(C4CCN(C)CC4)c3C)cn3ncc(C#N)c23)nc1C. The normalized spacial score (nSPS) is 15.2. The van der Waals surface area contributed by atoms with E-state index in [1.807, 2.05) is 32.3 Å². The molecule has 0 saturated carbocycles. The van der Waals surface area contributed by atoms with Crippen molar-refractivity contribution in [2.75, 3.05) is 20.1 Å². The molecule has 34 heavy (non-hydrogen) atoms. The zero-order valence-corrected chi connectivity index (χ0v) is 20.5. The first kappa shape index (κ1) is 22.6. The van der Waals surface area contributed by atoms with Gasteiger partial charge in [-0.05, 0) is 71.4 Å². The van der Waals surface area contributed by atoms with Crippen LogP contribution < -0.4 is 0 Å². The molecule has 4 aromatic rings. The van der Waals surface area contributed by atoms with Crippen molar-refractivity contribution in [3.8, 4) is 17.2 Å². The first-order valence-electron chi connectivity index (χ1n) is 11.3. The maximum Gasteiger partial charge on any atom is 0.156 e. The van der Waals surface area contributed by atoms with Gasteiger partial charge in [0.25, 0.3) is 0 Å². The Morgan fingerprint density at radius 1 is 1.12 bits per heavy atom. The first-order chi connectivity index (χ1) is 16.4. The van der Waals surface area contributed by atoms with E-state index in [2.05, 4.69) is 39.7 Å². The Balaban J connectivity index is 1.59. The highest BCUT2D eigenvalue weighted by Crippen LogP contribution is 2.37. The van der Waals surface area contributed by atoms with Crippen LogP contribution in [0.15, 0.2) is 40.6 Å². The Bertz CT molecular complexity index is 1420. The molecule has 0 bridgehead atoms. The highest BCUT2D eigenvalue weighted by atomic mass is 32.2. The molecule has 0 amide bonds. The summed E-state index contributed by atoms with van der Waals surface area (Å²) in [6.07, 6.45) is 7.49. The highest BCUT2D eigenvalue weighted by molar-refractivity contribution is 7.99. The molecule has 1 fully saturated rings. The van der Waals surface area contributed by atoms with Gasteiger partial charge in [-0.25, -0.2) is 13.9 Å². The molecule has 7 nitrogen and oxygen atoms in total. The number of nitriles is 1. The lowest BCUT2D eigenvalue weighted by Crippen LogP contribution is -2.32. The fourth-order valence-corrected chi connectivity index (χ4v) is 5.56. The fraction of sp³-hybridized carbons (Fsp3) is 0.360. The van der Waals surface area contributed by atoms with E-state index in [9.17, 15) is 9.65 Å². The van der Waals surface area contributed by atoms with Gasteiger partial charge in [0.2, 0.25) is 0 Å². The van der Waals surface area contributed by atoms with Gasteiger partial charge in [0.05, 0.1) is 29.5 Å². The lowest BCUT2D eigenvalue weighted by atomic mass is 10.0. The van der Waals surface area contributed by atoms with Crippen LogP contribution in [0.4, 0.5) is 4.39 Å². The second-order valence-corrected chi connectivity index (χ2v) is 9.99. The van der Waals surface area contributed by atoms with Crippen molar-refractivity contribution in [1.82, 2.24) is 29.3 Å². The van der Waals surface area contributed by atoms with Crippen LogP contribution in [0.2, 0.25) is 0 Å². The third kappa shape index (κ3) is 3.97. The van der Waals surface area contributed by atoms with Crippen LogP contribution in [0.25, 0.3) is 16.6 Å². The zero-order chi connectivity index (χ0) is 24.0. The molecule has 5 rings (SSSR count). The number of fused-ring (bicyclic) bond motifs is 1. The van der Waals surface area contributed by atoms with Gasteiger partial charge < -0.3 is 4.90 Å². The van der Waals surface area contributed by atoms with Gasteiger partial charge >= 0.3 is 0 Å². The quantitative estimate of drug-likeness (QED) is 0.416. The van der Waals surface area contributed by atoms with E-state index in [4.69, 9.17) is 5.10 Å². The van der Waals surface area contributed by atoms with Crippen LogP contribution in [0.5, 0.6) is 0 Å². The summed E-state index contributed by atoms with van der Waals surface area (Å²) in [5.41, 5.74) is 5.69. The molecule has 5 heterocycles. The zero-order valence-electron chi connectivity index (χ0n) is 19.7. The smallest absolute Gasteiger partial charge is 0.156 e. The minimum atomic E-state index is -0.374. The van der Waals surface area contributed by atoms with E-state index >= 15 is 0 Å². The Labute approximate surface area is 202 Å². The lowest BCUT2D eigenvalue weighted by molar-refractivity contribution is 0.210. The summed E-state index contributed by atoms with van der Waals surface area (Å²) in [5, 5.41) is 19.0. The number of nitrogens with zero attached hydrogens (tertiary/aromatic N) is 7. The van der Waals surface area contributed by atoms with E-state index in [-0.39, 0.29) is 10.8 Å². The van der Waals surface area contributed by atoms with Crippen LogP contribution >= 0.6 is 11.8 Å². The van der Waals surface area contributed by atoms with Crippen molar-refractivity contribution in [3.05, 3.63) is 59.1 Å². The summed E-state index contributed by atoms with van der Waals surface area (Å²) in [6.45, 7) is 7.92. The molecule has 4 aromatic heterocycles. The number of piperidine rings is 1. The summed E-state index contributed by atoms with van der Waals surface area (Å²) in [5.74, 6) is -0.374. The molecule has 174 valence electrons. The fourth-order valence-electron chi connectivity index (χ4n) is 4.53. The van der Waals surface area contributed by atoms with Crippen molar-refractivity contribution in [2.24, 2.45) is 0 Å². The van der Waals surface area contributed by atoms with Gasteiger partial charge in [-0.1, -0.05) is 11.8 Å². The average molecular weight is 476 g/mol. The standard InChI is InChI=1S/C25H26FN7S/c1-15-9-22(26)25(30-16(15)2)34-23-10-18(14-32-24(23)19(11-27)12-28-32)21-13-29-33(17(21)3)20-5-7-31(4)8-6-20/h9-10,12-14,20H,5-8H2,1-4H3. The van der Waals surface area contributed by atoms with Crippen molar-refractivity contribution in [2.45, 2.75) is 49.6 Å². The van der Waals surface area contributed by atoms with Gasteiger partial charge in [0.15, 0.2) is 5.82 Å². The minimum absolute atomic E-state index is 0.283. The molecule has 0 N–H and O–H groups in total. The van der Waals surface area contributed by atoms with Gasteiger partial charge in [0, 0.05) is 33.6 Å². The molecule has 0 aromatic carbocycles. The Morgan fingerprint density at radius 2 is 1.88 bits per heavy atom. The van der Waals surface area contributed by atoms with Gasteiger partial charge in [-0.2, -0.15) is 15.5 Å². The third-order valence-electron chi connectivity index (χ3n) is 6.68. The summed E-state index contributed by atoms with van der Waals surface area (Å²) in [6, 6.07) is 6.07. The number of likely N-dealkylation sites (tertiary alicyclic amines) is 1. The van der Waals surface area contributed by atoms with E-state index in [0.29, 0.717) is 17.1 Å². The van der Waals surface area contributed by atoms with Crippen molar-refractivity contribution >= 4 is 17.3 Å². The number of halogens is 1. The molecule has 1 aliphatic heterocycles. The average Bonchev–Trinajstić information content (AvgIpc) is 3.41. The highest BCUT2D eigenvalue weighted by Gasteiger charge is 2.23. The Hall–Kier alpha value is -3.22. The van der Waals surface area contributed by atoms with Crippen molar-refractivity contribution in [1.29, 1.82) is 5.26 Å². The van der Waals surface area contributed by atoms with Gasteiger partial charge in [-0.15, -0.1) is 0 Å². The number of hydrogen-bond donors (Lipinski definition) is 0. The number of pyridine rings is 2. The van der Waals surface area contributed by atoms with Crippen LogP contribution in [0.1, 0.15) is 41.4 Å². The predicted molar refractivity (Wildman–Crippen MR) is 129 cm³/mol. The second-order valence-electron chi connectivity index (χ2n) is 8.96. The largest absolute Gasteiger partial charge is 0.306 e. The van der Waals surface area contributed by atoms with Crippen LogP contribution in [0.3, 0.4) is 0 Å². The molecule has 0 spiro atoms. The molecule has 0 radical (unpaired) electrons. The van der Waals surface area contributed by atoms with Gasteiger partial charge in [0.1, 0.15) is 11.1 Å². The maximum atomic E-state index is 14.8. The molecular weight excluding hydrogens is 449 g/mol. The molecule has 1 aliphatic rings. The van der Waals surface area contributed by atoms with E-state index < -0.39 is 0 Å². The molecular formula is C25H26FN7S. The summed E-state index contributed by atoms with van der Waals surface area (Å²) in [4.78, 5) is 7.54. The molecule has 1 saturated heterocycles. The Morgan fingerprint density at radius 3 is 2.62 bits per heavy atom. The minimum Gasteiger partial charge on any atom is -0.306 e. The van der Waals surface area contributed by atoms with E-state index in [1.54, 1.807) is 10.7 Å². The van der Waals surface area contributed by atoms with Crippen LogP contribution in [0, 0.1) is 37.9 Å². The van der Waals surface area contributed by atoms with Crippen LogP contribution in [-0.4, -0.2) is 49.4 Å². The number of rotatable bonds is 4. The summed E-state index contributed by atoms with van der Waals surface area (Å²) >= 11 is 1.22. The van der Waals surface area contributed by atoms with Crippen molar-refractivity contribution in [3.63, 3.8) is 0 Å². The maximum absolute atomic E-state index is 14.8. The monoisotopic (exact) mass is 475 g/mol. The molecule has 0 atom stereocenters. The van der Waals surface area contributed by atoms with Crippen LogP contribution in [-0.2, 0) is 0 Å². The van der Waals surface area contributed by atoms with E-state index in [1.165, 1.54) is 17.8 Å². The van der Waals surface area contributed by atoms with E-state index in [0.717, 1.165) is 58.9 Å². The summed E-state index contributed by atoms with van der Waals surface area (Å²) in [7, 11) is 2.15. The molecule has 9 heteroatoms. The topological polar surface area (TPSA) is 75.0 Å². The Kier molecular flexibility index (Phi) is 5.88. The van der Waals surface area contributed by atoms with Crippen molar-refractivity contribution < 1.29 is 4.39 Å². The predicted octanol–water partition coefficient (Wildman–Crippen LogP) is 4.95. The first-order valence-corrected chi connectivity index (χ1v) is 12.1. The number of aryl methyl sites for hydroxylation is 2. The molecule has 0 aliphatic carbocycles. The van der Waals surface area contributed by atoms with Gasteiger partial charge in [-0.3, -0.25) is 4.68 Å². The number of aromatic nitrogens is 5.